The van der Waals surface area contributed by atoms with E-state index in [0.29, 0.717) is 6.61 Å². The van der Waals surface area contributed by atoms with Crippen LogP contribution in [0.2, 0.25) is 0 Å². The molecule has 1 aromatic rings. The predicted molar refractivity (Wildman–Crippen MR) is 71.1 cm³/mol. The molecule has 0 bridgehead atoms. The molecule has 0 saturated carbocycles. The molecule has 1 unspecified atom stereocenters. The Hall–Kier alpha value is -2.04. The lowest BCUT2D eigenvalue weighted by Gasteiger charge is -2.15. The molecule has 5 nitrogen and oxygen atoms in total. The van der Waals surface area contributed by atoms with Gasteiger partial charge in [-0.3, -0.25) is 4.79 Å². The van der Waals surface area contributed by atoms with Gasteiger partial charge in [0.05, 0.1) is 19.1 Å². The number of nitrogens with one attached hydrogen (secondary N) is 1. The van der Waals surface area contributed by atoms with Gasteiger partial charge >= 0.3 is 12.1 Å². The van der Waals surface area contributed by atoms with Crippen molar-refractivity contribution in [3.8, 4) is 0 Å². The van der Waals surface area contributed by atoms with E-state index in [1.165, 1.54) is 0 Å². The van der Waals surface area contributed by atoms with Crippen LogP contribution in [-0.4, -0.2) is 23.8 Å². The Bertz CT molecular complexity index is 471. The van der Waals surface area contributed by atoms with Crippen molar-refractivity contribution in [3.63, 3.8) is 0 Å². The number of aliphatic carboxylic acids is 1. The first-order valence-electron chi connectivity index (χ1n) is 6.18. The Balaban J connectivity index is 2.76. The Labute approximate surface area is 112 Å². The molecule has 0 aromatic heterocycles. The molecule has 1 amide bonds. The molecule has 2 N–H and O–H groups in total. The number of carboxylic acid groups (broad SMARTS) is 1. The second-order valence-electron chi connectivity index (χ2n) is 4.34. The van der Waals surface area contributed by atoms with Gasteiger partial charge in [0.2, 0.25) is 0 Å². The van der Waals surface area contributed by atoms with Crippen molar-refractivity contribution in [2.75, 3.05) is 6.61 Å². The summed E-state index contributed by atoms with van der Waals surface area (Å²) in [7, 11) is 0. The molecule has 0 fully saturated rings. The summed E-state index contributed by atoms with van der Waals surface area (Å²) in [6.07, 6.45) is -0.450. The van der Waals surface area contributed by atoms with E-state index in [9.17, 15) is 9.59 Å². The maximum atomic E-state index is 11.3. The van der Waals surface area contributed by atoms with Crippen molar-refractivity contribution in [1.82, 2.24) is 5.32 Å². The highest BCUT2D eigenvalue weighted by atomic mass is 16.5. The molecule has 0 aliphatic rings. The minimum atomic E-state index is -0.853. The lowest BCUT2D eigenvalue weighted by atomic mass is 9.99. The summed E-state index contributed by atoms with van der Waals surface area (Å²) in [4.78, 5) is 22.0. The van der Waals surface area contributed by atoms with E-state index < -0.39 is 12.1 Å². The molecule has 0 radical (unpaired) electrons. The molecular weight excluding hydrogens is 246 g/mol. The Morgan fingerprint density at radius 2 is 2.11 bits per heavy atom. The van der Waals surface area contributed by atoms with Crippen LogP contribution in [0.15, 0.2) is 18.2 Å². The summed E-state index contributed by atoms with van der Waals surface area (Å²) >= 11 is 0. The molecular formula is C14H19NO4. The number of rotatable bonds is 5. The zero-order chi connectivity index (χ0) is 14.4. The topological polar surface area (TPSA) is 75.6 Å². The number of carboxylic acids is 1. The maximum absolute atomic E-state index is 11.3. The van der Waals surface area contributed by atoms with Gasteiger partial charge in [-0.25, -0.2) is 4.79 Å². The van der Waals surface area contributed by atoms with E-state index in [0.717, 1.165) is 16.7 Å². The van der Waals surface area contributed by atoms with Gasteiger partial charge in [0.1, 0.15) is 0 Å². The minimum absolute atomic E-state index is 0.00575. The van der Waals surface area contributed by atoms with E-state index in [1.54, 1.807) is 13.0 Å². The van der Waals surface area contributed by atoms with Gasteiger partial charge in [0, 0.05) is 0 Å². The lowest BCUT2D eigenvalue weighted by molar-refractivity contribution is -0.136. The number of alkyl carbamates (subject to hydrolysis) is 1. The number of hydrogen-bond donors (Lipinski definition) is 2. The normalized spacial score (nSPS) is 11.7. The predicted octanol–water partition coefficient (Wildman–Crippen LogP) is 2.43. The maximum Gasteiger partial charge on any atom is 0.407 e. The van der Waals surface area contributed by atoms with Gasteiger partial charge in [-0.15, -0.1) is 0 Å². The summed E-state index contributed by atoms with van der Waals surface area (Å²) in [6.45, 7) is 5.78. The summed E-state index contributed by atoms with van der Waals surface area (Å²) in [5.41, 5.74) is 2.59. The standard InChI is InChI=1S/C14H19NO4/c1-4-19-14(18)15-10(3)12-6-5-11(8-13(16)17)9(2)7-12/h5-7,10H,4,8H2,1-3H3,(H,15,18)(H,16,17). The van der Waals surface area contributed by atoms with E-state index in [1.807, 2.05) is 26.0 Å². The fraction of sp³-hybridized carbons (Fsp3) is 0.429. The van der Waals surface area contributed by atoms with Gasteiger partial charge < -0.3 is 15.2 Å². The number of hydrogen-bond acceptors (Lipinski definition) is 3. The third-order valence-electron chi connectivity index (χ3n) is 2.82. The molecule has 1 atom stereocenters. The van der Waals surface area contributed by atoms with E-state index >= 15 is 0 Å². The van der Waals surface area contributed by atoms with Gasteiger partial charge in [-0.05, 0) is 37.5 Å². The van der Waals surface area contributed by atoms with Crippen molar-refractivity contribution >= 4 is 12.1 Å². The molecule has 5 heteroatoms. The number of ether oxygens (including phenoxy) is 1. The first kappa shape index (κ1) is 15.0. The smallest absolute Gasteiger partial charge is 0.407 e. The van der Waals surface area contributed by atoms with Gasteiger partial charge in [0.25, 0.3) is 0 Å². The average molecular weight is 265 g/mol. The van der Waals surface area contributed by atoms with Crippen molar-refractivity contribution < 1.29 is 19.4 Å². The van der Waals surface area contributed by atoms with Crippen LogP contribution >= 0.6 is 0 Å². The highest BCUT2D eigenvalue weighted by Crippen LogP contribution is 2.18. The Morgan fingerprint density at radius 1 is 1.42 bits per heavy atom. The highest BCUT2D eigenvalue weighted by Gasteiger charge is 2.12. The van der Waals surface area contributed by atoms with Gasteiger partial charge in [-0.1, -0.05) is 18.2 Å². The van der Waals surface area contributed by atoms with Crippen molar-refractivity contribution in [2.24, 2.45) is 0 Å². The third kappa shape index (κ3) is 4.62. The van der Waals surface area contributed by atoms with Gasteiger partial charge in [0.15, 0.2) is 0 Å². The lowest BCUT2D eigenvalue weighted by Crippen LogP contribution is -2.27. The molecule has 19 heavy (non-hydrogen) atoms. The van der Waals surface area contributed by atoms with Crippen LogP contribution in [0.4, 0.5) is 4.79 Å². The van der Waals surface area contributed by atoms with Crippen molar-refractivity contribution in [1.29, 1.82) is 0 Å². The van der Waals surface area contributed by atoms with Crippen LogP contribution in [-0.2, 0) is 16.0 Å². The molecule has 0 aliphatic heterocycles. The van der Waals surface area contributed by atoms with E-state index in [2.05, 4.69) is 5.32 Å². The number of amides is 1. The van der Waals surface area contributed by atoms with Crippen LogP contribution in [0.1, 0.15) is 36.6 Å². The Morgan fingerprint density at radius 3 is 2.63 bits per heavy atom. The second kappa shape index (κ2) is 6.78. The van der Waals surface area contributed by atoms with Gasteiger partial charge in [-0.2, -0.15) is 0 Å². The van der Waals surface area contributed by atoms with E-state index in [4.69, 9.17) is 9.84 Å². The second-order valence-corrected chi connectivity index (χ2v) is 4.34. The monoisotopic (exact) mass is 265 g/mol. The molecule has 1 aromatic carbocycles. The zero-order valence-corrected chi connectivity index (χ0v) is 11.4. The summed E-state index contributed by atoms with van der Waals surface area (Å²) in [6, 6.07) is 5.30. The fourth-order valence-electron chi connectivity index (χ4n) is 1.78. The molecule has 1 rings (SSSR count). The Kier molecular flexibility index (Phi) is 5.36. The molecule has 0 aliphatic carbocycles. The average Bonchev–Trinajstić information content (AvgIpc) is 2.31. The van der Waals surface area contributed by atoms with Crippen LogP contribution in [0.25, 0.3) is 0 Å². The molecule has 104 valence electrons. The SMILES string of the molecule is CCOC(=O)NC(C)c1ccc(CC(=O)O)c(C)c1. The van der Waals surface area contributed by atoms with Crippen LogP contribution < -0.4 is 5.32 Å². The highest BCUT2D eigenvalue weighted by molar-refractivity contribution is 5.71. The number of aryl methyl sites for hydroxylation is 1. The number of benzene rings is 1. The fourth-order valence-corrected chi connectivity index (χ4v) is 1.78. The molecule has 0 heterocycles. The molecule has 0 spiro atoms. The van der Waals surface area contributed by atoms with Crippen LogP contribution in [0.5, 0.6) is 0 Å². The van der Waals surface area contributed by atoms with Crippen molar-refractivity contribution in [2.45, 2.75) is 33.2 Å². The number of carbonyl (C=O) groups excluding carboxylic acids is 1. The first-order chi connectivity index (χ1) is 8.93. The number of carbonyl (C=O) groups is 2. The summed E-state index contributed by atoms with van der Waals surface area (Å²) < 4.78 is 4.81. The van der Waals surface area contributed by atoms with E-state index in [-0.39, 0.29) is 12.5 Å². The van der Waals surface area contributed by atoms with Crippen LogP contribution in [0.3, 0.4) is 0 Å². The quantitative estimate of drug-likeness (QED) is 0.857. The first-order valence-corrected chi connectivity index (χ1v) is 6.18. The minimum Gasteiger partial charge on any atom is -0.481 e. The summed E-state index contributed by atoms with van der Waals surface area (Å²) in [5, 5.41) is 11.5. The largest absolute Gasteiger partial charge is 0.481 e. The molecule has 0 saturated heterocycles. The third-order valence-corrected chi connectivity index (χ3v) is 2.82. The summed E-state index contributed by atoms with van der Waals surface area (Å²) in [5.74, 6) is -0.853. The zero-order valence-electron chi connectivity index (χ0n) is 11.4. The van der Waals surface area contributed by atoms with Crippen molar-refractivity contribution in [3.05, 3.63) is 34.9 Å². The van der Waals surface area contributed by atoms with Crippen LogP contribution in [0, 0.1) is 6.92 Å².